The Morgan fingerprint density at radius 3 is 2.71 bits per heavy atom. The summed E-state index contributed by atoms with van der Waals surface area (Å²) in [6, 6.07) is 11.7. The molecule has 3 aromatic rings. The highest BCUT2D eigenvalue weighted by molar-refractivity contribution is 6.33. The number of hydrogen-bond acceptors (Lipinski definition) is 5. The first-order valence-electron chi connectivity index (χ1n) is 6.84. The van der Waals surface area contributed by atoms with Crippen LogP contribution in [0.3, 0.4) is 0 Å². The van der Waals surface area contributed by atoms with Crippen molar-refractivity contribution < 1.29 is 13.9 Å². The molecule has 0 saturated heterocycles. The predicted molar refractivity (Wildman–Crippen MR) is 89.0 cm³/mol. The molecule has 24 heavy (non-hydrogen) atoms. The number of carbonyl (C=O) groups is 1. The largest absolute Gasteiger partial charge is 0.483 e. The molecule has 0 saturated carbocycles. The van der Waals surface area contributed by atoms with E-state index in [0.717, 1.165) is 0 Å². The van der Waals surface area contributed by atoms with Crippen LogP contribution in [0.4, 0.5) is 0 Å². The van der Waals surface area contributed by atoms with Crippen LogP contribution in [0.15, 0.2) is 46.9 Å². The predicted octanol–water partition coefficient (Wildman–Crippen LogP) is 3.72. The van der Waals surface area contributed by atoms with Gasteiger partial charge in [0.15, 0.2) is 6.61 Å². The molecule has 0 aliphatic heterocycles. The first-order chi connectivity index (χ1) is 11.5. The number of ether oxygens (including phenoxy) is 1. The van der Waals surface area contributed by atoms with Crippen molar-refractivity contribution in [2.24, 2.45) is 5.73 Å². The summed E-state index contributed by atoms with van der Waals surface area (Å²) in [6.07, 6.45) is 0. The van der Waals surface area contributed by atoms with E-state index in [1.807, 2.05) is 6.07 Å². The molecule has 8 heteroatoms. The number of primary amides is 1. The number of carbonyl (C=O) groups excluding carboxylic acids is 1. The van der Waals surface area contributed by atoms with Crippen molar-refractivity contribution in [1.29, 1.82) is 0 Å². The van der Waals surface area contributed by atoms with Gasteiger partial charge in [-0.15, -0.1) is 10.2 Å². The van der Waals surface area contributed by atoms with Gasteiger partial charge in [0.25, 0.3) is 11.8 Å². The standard InChI is InChI=1S/C16H11Cl2N3O3/c17-9-5-6-13(11(7-9)15(19)22)23-8-14-20-21-16(24-14)10-3-1-2-4-12(10)18/h1-7H,8H2,(H2,19,22). The Morgan fingerprint density at radius 2 is 1.96 bits per heavy atom. The zero-order valence-corrected chi connectivity index (χ0v) is 13.7. The smallest absolute Gasteiger partial charge is 0.254 e. The van der Waals surface area contributed by atoms with Crippen LogP contribution >= 0.6 is 23.2 Å². The summed E-state index contributed by atoms with van der Waals surface area (Å²) in [4.78, 5) is 11.4. The Labute approximate surface area is 147 Å². The summed E-state index contributed by atoms with van der Waals surface area (Å²) >= 11 is 11.9. The van der Waals surface area contributed by atoms with Crippen molar-refractivity contribution in [2.75, 3.05) is 0 Å². The van der Waals surface area contributed by atoms with Gasteiger partial charge in [0.2, 0.25) is 5.89 Å². The number of amides is 1. The number of halogens is 2. The van der Waals surface area contributed by atoms with Gasteiger partial charge >= 0.3 is 0 Å². The van der Waals surface area contributed by atoms with Crippen LogP contribution in [0, 0.1) is 0 Å². The third-order valence-electron chi connectivity index (χ3n) is 3.13. The molecule has 0 bridgehead atoms. The second kappa shape index (κ2) is 6.90. The zero-order valence-electron chi connectivity index (χ0n) is 12.2. The molecule has 122 valence electrons. The third-order valence-corrected chi connectivity index (χ3v) is 3.69. The minimum absolute atomic E-state index is 0.0284. The summed E-state index contributed by atoms with van der Waals surface area (Å²) in [5, 5.41) is 8.72. The molecule has 2 aromatic carbocycles. The summed E-state index contributed by atoms with van der Waals surface area (Å²) in [7, 11) is 0. The SMILES string of the molecule is NC(=O)c1cc(Cl)ccc1OCc1nnc(-c2ccccc2Cl)o1. The van der Waals surface area contributed by atoms with Crippen molar-refractivity contribution in [2.45, 2.75) is 6.61 Å². The quantitative estimate of drug-likeness (QED) is 0.745. The average Bonchev–Trinajstić information content (AvgIpc) is 3.02. The normalized spacial score (nSPS) is 10.6. The average molecular weight is 364 g/mol. The zero-order chi connectivity index (χ0) is 17.1. The van der Waals surface area contributed by atoms with Gasteiger partial charge < -0.3 is 14.9 Å². The van der Waals surface area contributed by atoms with E-state index < -0.39 is 5.91 Å². The van der Waals surface area contributed by atoms with Gasteiger partial charge in [0.1, 0.15) is 5.75 Å². The van der Waals surface area contributed by atoms with Crippen LogP contribution in [0.2, 0.25) is 10.0 Å². The van der Waals surface area contributed by atoms with Crippen molar-refractivity contribution in [3.8, 4) is 17.2 Å². The molecule has 0 radical (unpaired) electrons. The van der Waals surface area contributed by atoms with Crippen LogP contribution < -0.4 is 10.5 Å². The van der Waals surface area contributed by atoms with E-state index >= 15 is 0 Å². The number of nitrogens with zero attached hydrogens (tertiary/aromatic N) is 2. The maximum atomic E-state index is 11.4. The summed E-state index contributed by atoms with van der Waals surface area (Å²) in [5.74, 6) is 0.153. The maximum absolute atomic E-state index is 11.4. The van der Waals surface area contributed by atoms with Crippen LogP contribution in [-0.4, -0.2) is 16.1 Å². The Morgan fingerprint density at radius 1 is 1.17 bits per heavy atom. The topological polar surface area (TPSA) is 91.2 Å². The van der Waals surface area contributed by atoms with E-state index in [-0.39, 0.29) is 29.7 Å². The van der Waals surface area contributed by atoms with E-state index in [1.54, 1.807) is 30.3 Å². The summed E-state index contributed by atoms with van der Waals surface area (Å²) in [5.41, 5.74) is 6.11. The first kappa shape index (κ1) is 16.3. The molecule has 0 aliphatic carbocycles. The van der Waals surface area contributed by atoms with E-state index in [1.165, 1.54) is 6.07 Å². The lowest BCUT2D eigenvalue weighted by atomic mass is 10.2. The summed E-state index contributed by atoms with van der Waals surface area (Å²) < 4.78 is 11.1. The maximum Gasteiger partial charge on any atom is 0.254 e. The van der Waals surface area contributed by atoms with Gasteiger partial charge in [-0.3, -0.25) is 4.79 Å². The van der Waals surface area contributed by atoms with Crippen molar-refractivity contribution >= 4 is 29.1 Å². The van der Waals surface area contributed by atoms with Crippen LogP contribution in [0.5, 0.6) is 5.75 Å². The van der Waals surface area contributed by atoms with Gasteiger partial charge in [-0.2, -0.15) is 0 Å². The first-order valence-corrected chi connectivity index (χ1v) is 7.59. The van der Waals surface area contributed by atoms with Gasteiger partial charge in [-0.1, -0.05) is 35.3 Å². The monoisotopic (exact) mass is 363 g/mol. The highest BCUT2D eigenvalue weighted by atomic mass is 35.5. The lowest BCUT2D eigenvalue weighted by Crippen LogP contribution is -2.13. The fourth-order valence-electron chi connectivity index (χ4n) is 2.02. The number of benzene rings is 2. The number of rotatable bonds is 5. The fraction of sp³-hybridized carbons (Fsp3) is 0.0625. The second-order valence-corrected chi connectivity index (χ2v) is 5.62. The molecule has 1 heterocycles. The van der Waals surface area contributed by atoms with Gasteiger partial charge in [0, 0.05) is 5.02 Å². The molecular formula is C16H11Cl2N3O3. The Kier molecular flexibility index (Phi) is 4.69. The minimum Gasteiger partial charge on any atom is -0.483 e. The Bertz CT molecular complexity index is 896. The molecule has 3 rings (SSSR count). The highest BCUT2D eigenvalue weighted by Crippen LogP contribution is 2.27. The molecule has 0 unspecified atom stereocenters. The lowest BCUT2D eigenvalue weighted by Gasteiger charge is -2.07. The number of nitrogens with two attached hydrogens (primary N) is 1. The van der Waals surface area contributed by atoms with Crippen LogP contribution in [-0.2, 0) is 6.61 Å². The summed E-state index contributed by atoms with van der Waals surface area (Å²) in [6.45, 7) is -0.0284. The number of hydrogen-bond donors (Lipinski definition) is 1. The molecule has 2 N–H and O–H groups in total. The highest BCUT2D eigenvalue weighted by Gasteiger charge is 2.14. The van der Waals surface area contributed by atoms with Gasteiger partial charge in [-0.05, 0) is 30.3 Å². The van der Waals surface area contributed by atoms with E-state index in [9.17, 15) is 4.79 Å². The Hall–Kier alpha value is -2.57. The molecular weight excluding hydrogens is 353 g/mol. The van der Waals surface area contributed by atoms with Crippen LogP contribution in [0.1, 0.15) is 16.2 Å². The third kappa shape index (κ3) is 3.50. The van der Waals surface area contributed by atoms with E-state index in [0.29, 0.717) is 15.6 Å². The molecule has 0 aliphatic rings. The van der Waals surface area contributed by atoms with Crippen molar-refractivity contribution in [1.82, 2.24) is 10.2 Å². The molecule has 0 atom stereocenters. The van der Waals surface area contributed by atoms with Gasteiger partial charge in [-0.25, -0.2) is 0 Å². The molecule has 6 nitrogen and oxygen atoms in total. The Balaban J connectivity index is 1.77. The van der Waals surface area contributed by atoms with Crippen molar-refractivity contribution in [3.05, 3.63) is 64.0 Å². The van der Waals surface area contributed by atoms with Gasteiger partial charge in [0.05, 0.1) is 16.1 Å². The molecule has 0 spiro atoms. The second-order valence-electron chi connectivity index (χ2n) is 4.77. The van der Waals surface area contributed by atoms with Crippen LogP contribution in [0.25, 0.3) is 11.5 Å². The van der Waals surface area contributed by atoms with Crippen molar-refractivity contribution in [3.63, 3.8) is 0 Å². The lowest BCUT2D eigenvalue weighted by molar-refractivity contribution is 0.0995. The fourth-order valence-corrected chi connectivity index (χ4v) is 2.40. The molecule has 0 fully saturated rings. The van der Waals surface area contributed by atoms with E-state index in [2.05, 4.69) is 10.2 Å². The minimum atomic E-state index is -0.644. The molecule has 1 amide bonds. The number of aromatic nitrogens is 2. The van der Waals surface area contributed by atoms with E-state index in [4.69, 9.17) is 38.1 Å². The molecule has 1 aromatic heterocycles.